The Balaban J connectivity index is 1.87. The lowest BCUT2D eigenvalue weighted by molar-refractivity contribution is 0.351. The summed E-state index contributed by atoms with van der Waals surface area (Å²) >= 11 is 0. The van der Waals surface area contributed by atoms with Gasteiger partial charge in [-0.3, -0.25) is 4.68 Å². The van der Waals surface area contributed by atoms with Crippen molar-refractivity contribution < 1.29 is 4.53 Å². The molecule has 5 nitrogen and oxygen atoms in total. The molecule has 0 atom stereocenters. The van der Waals surface area contributed by atoms with Crippen molar-refractivity contribution >= 4 is 30.1 Å². The molecular formula is C24H20N4OSi. The predicted molar refractivity (Wildman–Crippen MR) is 121 cm³/mol. The van der Waals surface area contributed by atoms with Crippen LogP contribution in [0.1, 0.15) is 11.3 Å². The van der Waals surface area contributed by atoms with E-state index in [1.165, 1.54) is 0 Å². The molecular weight excluding hydrogens is 388 g/mol. The molecule has 0 aliphatic rings. The maximum absolute atomic E-state index is 9.31. The SMILES string of the molecule is Cn1cc(/C=N/O[Si](c2ccccc2)(c2ccccc2)c2ccccc2)c(C#N)n1. The first-order valence-electron chi connectivity index (χ1n) is 9.56. The third-order valence-corrected chi connectivity index (χ3v) is 8.70. The van der Waals surface area contributed by atoms with Crippen LogP contribution in [0.15, 0.2) is 102 Å². The largest absolute Gasteiger partial charge is 0.438 e. The van der Waals surface area contributed by atoms with Crippen LogP contribution in [0, 0.1) is 11.3 Å². The zero-order valence-corrected chi connectivity index (χ0v) is 17.5. The summed E-state index contributed by atoms with van der Waals surface area (Å²) in [6.45, 7) is 0. The highest BCUT2D eigenvalue weighted by Gasteiger charge is 2.44. The highest BCUT2D eigenvalue weighted by molar-refractivity contribution is 7.07. The maximum atomic E-state index is 9.31. The Labute approximate surface area is 176 Å². The second-order valence-electron chi connectivity index (χ2n) is 6.82. The molecule has 4 rings (SSSR count). The summed E-state index contributed by atoms with van der Waals surface area (Å²) in [7, 11) is -1.13. The smallest absolute Gasteiger partial charge is 0.380 e. The van der Waals surface area contributed by atoms with Crippen LogP contribution in [0.25, 0.3) is 0 Å². The minimum atomic E-state index is -2.91. The topological polar surface area (TPSA) is 63.2 Å². The fraction of sp³-hybridized carbons (Fsp3) is 0.0417. The molecule has 6 heteroatoms. The number of nitrogens with zero attached hydrogens (tertiary/aromatic N) is 4. The van der Waals surface area contributed by atoms with Gasteiger partial charge in [0.1, 0.15) is 6.07 Å². The molecule has 0 spiro atoms. The van der Waals surface area contributed by atoms with Gasteiger partial charge in [0.05, 0.1) is 11.8 Å². The van der Waals surface area contributed by atoms with Gasteiger partial charge in [0.15, 0.2) is 5.69 Å². The first kappa shape index (κ1) is 19.4. The molecule has 0 saturated heterocycles. The van der Waals surface area contributed by atoms with Gasteiger partial charge in [0.25, 0.3) is 0 Å². The Morgan fingerprint density at radius 1 is 0.867 bits per heavy atom. The molecule has 0 unspecified atom stereocenters. The number of aromatic nitrogens is 2. The van der Waals surface area contributed by atoms with E-state index in [0.29, 0.717) is 11.3 Å². The van der Waals surface area contributed by atoms with Gasteiger partial charge in [-0.05, 0) is 15.6 Å². The standard InChI is InChI=1S/C24H20N4OSi/c1-28-19-20(24(17-25)27-28)18-26-29-30(21-11-5-2-6-12-21,22-13-7-3-8-14-22)23-15-9-4-10-16-23/h2-16,18-19H,1H3/b26-18+. The first-order valence-corrected chi connectivity index (χ1v) is 11.5. The molecule has 1 heterocycles. The van der Waals surface area contributed by atoms with Crippen LogP contribution in [0.4, 0.5) is 0 Å². The van der Waals surface area contributed by atoms with Gasteiger partial charge < -0.3 is 4.53 Å². The minimum Gasteiger partial charge on any atom is -0.438 e. The van der Waals surface area contributed by atoms with Gasteiger partial charge in [-0.1, -0.05) is 91.0 Å². The van der Waals surface area contributed by atoms with Crippen LogP contribution in [0.5, 0.6) is 0 Å². The quantitative estimate of drug-likeness (QED) is 0.213. The van der Waals surface area contributed by atoms with Crippen LogP contribution in [-0.2, 0) is 11.6 Å². The Morgan fingerprint density at radius 2 is 1.33 bits per heavy atom. The van der Waals surface area contributed by atoms with E-state index >= 15 is 0 Å². The minimum absolute atomic E-state index is 0.316. The van der Waals surface area contributed by atoms with Crippen molar-refractivity contribution in [1.29, 1.82) is 5.26 Å². The normalized spacial score (nSPS) is 11.3. The number of oxime groups is 1. The molecule has 0 saturated carbocycles. The summed E-state index contributed by atoms with van der Waals surface area (Å²) in [5, 5.41) is 21.1. The van der Waals surface area contributed by atoms with Crippen molar-refractivity contribution in [3.63, 3.8) is 0 Å². The number of aryl methyl sites for hydroxylation is 1. The lowest BCUT2D eigenvalue weighted by atomic mass is 10.3. The van der Waals surface area contributed by atoms with E-state index in [4.69, 9.17) is 4.53 Å². The van der Waals surface area contributed by atoms with Crippen molar-refractivity contribution in [3.05, 3.63) is 108 Å². The van der Waals surface area contributed by atoms with Gasteiger partial charge >= 0.3 is 8.32 Å². The van der Waals surface area contributed by atoms with Gasteiger partial charge in [-0.2, -0.15) is 10.4 Å². The Bertz CT molecular complexity index is 1090. The average molecular weight is 409 g/mol. The van der Waals surface area contributed by atoms with Crippen molar-refractivity contribution in [1.82, 2.24) is 9.78 Å². The highest BCUT2D eigenvalue weighted by atomic mass is 28.4. The summed E-state index contributed by atoms with van der Waals surface area (Å²) in [6, 6.07) is 32.7. The molecule has 3 aromatic carbocycles. The van der Waals surface area contributed by atoms with E-state index in [9.17, 15) is 5.26 Å². The number of benzene rings is 3. The van der Waals surface area contributed by atoms with Crippen molar-refractivity contribution in [3.8, 4) is 6.07 Å². The van der Waals surface area contributed by atoms with Crippen molar-refractivity contribution in [2.75, 3.05) is 0 Å². The van der Waals surface area contributed by atoms with Gasteiger partial charge in [-0.15, -0.1) is 5.16 Å². The Morgan fingerprint density at radius 3 is 1.77 bits per heavy atom. The summed E-state index contributed by atoms with van der Waals surface area (Å²) in [4.78, 5) is 0. The number of nitriles is 1. The molecule has 1 aromatic heterocycles. The third kappa shape index (κ3) is 3.66. The van der Waals surface area contributed by atoms with Gasteiger partial charge in [0, 0.05) is 13.2 Å². The second kappa shape index (κ2) is 8.60. The van der Waals surface area contributed by atoms with Gasteiger partial charge in [0.2, 0.25) is 0 Å². The number of hydrogen-bond acceptors (Lipinski definition) is 4. The van der Waals surface area contributed by atoms with Crippen LogP contribution < -0.4 is 15.6 Å². The number of hydrogen-bond donors (Lipinski definition) is 0. The molecule has 30 heavy (non-hydrogen) atoms. The van der Waals surface area contributed by atoms with E-state index in [-0.39, 0.29) is 0 Å². The first-order chi connectivity index (χ1) is 14.7. The highest BCUT2D eigenvalue weighted by Crippen LogP contribution is 2.11. The van der Waals surface area contributed by atoms with E-state index in [2.05, 4.69) is 52.7 Å². The van der Waals surface area contributed by atoms with Crippen molar-refractivity contribution in [2.24, 2.45) is 12.2 Å². The monoisotopic (exact) mass is 408 g/mol. The maximum Gasteiger partial charge on any atom is 0.380 e. The predicted octanol–water partition coefficient (Wildman–Crippen LogP) is 2.31. The average Bonchev–Trinajstić information content (AvgIpc) is 3.18. The van der Waals surface area contributed by atoms with Gasteiger partial charge in [-0.25, -0.2) is 0 Å². The summed E-state index contributed by atoms with van der Waals surface area (Å²) in [5.41, 5.74) is 0.938. The Kier molecular flexibility index (Phi) is 5.55. The molecule has 0 aliphatic heterocycles. The molecule has 0 N–H and O–H groups in total. The Hall–Kier alpha value is -3.95. The number of rotatable bonds is 6. The molecule has 0 radical (unpaired) electrons. The molecule has 0 aliphatic carbocycles. The molecule has 146 valence electrons. The lowest BCUT2D eigenvalue weighted by Crippen LogP contribution is -2.68. The molecule has 0 amide bonds. The summed E-state index contributed by atoms with van der Waals surface area (Å²) < 4.78 is 8.06. The lowest BCUT2D eigenvalue weighted by Gasteiger charge is -2.29. The van der Waals surface area contributed by atoms with E-state index < -0.39 is 8.32 Å². The van der Waals surface area contributed by atoms with Crippen LogP contribution in [0.3, 0.4) is 0 Å². The summed E-state index contributed by atoms with van der Waals surface area (Å²) in [6.07, 6.45) is 3.32. The van der Waals surface area contributed by atoms with E-state index in [1.807, 2.05) is 54.6 Å². The fourth-order valence-corrected chi connectivity index (χ4v) is 7.04. The van der Waals surface area contributed by atoms with Crippen LogP contribution in [-0.4, -0.2) is 24.3 Å². The van der Waals surface area contributed by atoms with E-state index in [0.717, 1.165) is 15.6 Å². The van der Waals surface area contributed by atoms with Crippen molar-refractivity contribution in [2.45, 2.75) is 0 Å². The zero-order chi connectivity index (χ0) is 20.8. The van der Waals surface area contributed by atoms with Crippen LogP contribution >= 0.6 is 0 Å². The molecule has 4 aromatic rings. The van der Waals surface area contributed by atoms with Crippen LogP contribution in [0.2, 0.25) is 0 Å². The van der Waals surface area contributed by atoms with E-state index in [1.54, 1.807) is 24.1 Å². The second-order valence-corrected chi connectivity index (χ2v) is 10.1. The third-order valence-electron chi connectivity index (χ3n) is 4.89. The summed E-state index contributed by atoms with van der Waals surface area (Å²) in [5.74, 6) is 0. The zero-order valence-electron chi connectivity index (χ0n) is 16.5. The molecule has 0 fully saturated rings. The fourth-order valence-electron chi connectivity index (χ4n) is 3.53. The molecule has 0 bridgehead atoms.